The smallest absolute Gasteiger partial charge is 0.317 e. The van der Waals surface area contributed by atoms with Crippen molar-refractivity contribution < 1.29 is 19.2 Å². The van der Waals surface area contributed by atoms with Gasteiger partial charge in [0, 0.05) is 17.0 Å². The number of carbonyl (C=O) groups excluding carboxylic acids is 2. The molecule has 0 saturated carbocycles. The molecule has 2 aromatic rings. The van der Waals surface area contributed by atoms with Gasteiger partial charge in [0.2, 0.25) is 0 Å². The topological polar surface area (TPSA) is 108 Å². The second-order valence-corrected chi connectivity index (χ2v) is 7.90. The molecule has 0 fully saturated rings. The van der Waals surface area contributed by atoms with Gasteiger partial charge in [-0.15, -0.1) is 11.8 Å². The van der Waals surface area contributed by atoms with Crippen LogP contribution in [0.4, 0.5) is 14.9 Å². The molecule has 1 heterocycles. The number of hydroxylamine groups is 2. The van der Waals surface area contributed by atoms with Crippen molar-refractivity contribution in [2.24, 2.45) is 5.73 Å². The molecule has 5 N–H and O–H groups in total. The third kappa shape index (κ3) is 4.61. The van der Waals surface area contributed by atoms with E-state index in [2.05, 4.69) is 10.6 Å². The van der Waals surface area contributed by atoms with E-state index < -0.39 is 23.1 Å². The molecule has 3 rings (SSSR count). The lowest BCUT2D eigenvalue weighted by Crippen LogP contribution is -2.40. The summed E-state index contributed by atoms with van der Waals surface area (Å²) in [5.74, 6) is -1.46. The lowest BCUT2D eigenvalue weighted by Gasteiger charge is -2.28. The third-order valence-corrected chi connectivity index (χ3v) is 6.08. The number of para-hydroxylation sites is 1. The van der Waals surface area contributed by atoms with Crippen LogP contribution >= 0.6 is 24.0 Å². The molecule has 2 aromatic carbocycles. The highest BCUT2D eigenvalue weighted by Gasteiger charge is 2.34. The van der Waals surface area contributed by atoms with Crippen molar-refractivity contribution in [3.63, 3.8) is 0 Å². The van der Waals surface area contributed by atoms with Crippen LogP contribution in [0.15, 0.2) is 59.6 Å². The van der Waals surface area contributed by atoms with E-state index in [0.717, 1.165) is 10.6 Å². The van der Waals surface area contributed by atoms with E-state index in [-0.39, 0.29) is 22.2 Å². The molecule has 10 heteroatoms. The quantitative estimate of drug-likeness (QED) is 0.521. The summed E-state index contributed by atoms with van der Waals surface area (Å²) < 4.78 is 13.9. The number of urea groups is 1. The molecule has 7 nitrogen and oxygen atoms in total. The van der Waals surface area contributed by atoms with Crippen LogP contribution < -0.4 is 16.4 Å². The second-order valence-electron chi connectivity index (χ2n) is 6.50. The average Bonchev–Trinajstić information content (AvgIpc) is 3.09. The molecule has 156 valence electrons. The number of hydrogen-bond donors (Lipinski definition) is 4. The van der Waals surface area contributed by atoms with E-state index in [1.54, 1.807) is 29.7 Å². The van der Waals surface area contributed by atoms with Crippen LogP contribution in [-0.2, 0) is 0 Å². The van der Waals surface area contributed by atoms with Gasteiger partial charge in [-0.25, -0.2) is 14.2 Å². The zero-order valence-corrected chi connectivity index (χ0v) is 17.5. The molecule has 2 unspecified atom stereocenters. The van der Waals surface area contributed by atoms with E-state index >= 15 is 0 Å². The molecule has 30 heavy (non-hydrogen) atoms. The van der Waals surface area contributed by atoms with Gasteiger partial charge in [0.05, 0.1) is 5.56 Å². The zero-order valence-electron chi connectivity index (χ0n) is 15.8. The number of thiocarbonyl (C=S) groups is 1. The Balaban J connectivity index is 1.79. The van der Waals surface area contributed by atoms with Crippen molar-refractivity contribution in [2.75, 3.05) is 5.32 Å². The normalized spacial score (nSPS) is 16.6. The van der Waals surface area contributed by atoms with Crippen molar-refractivity contribution in [1.29, 1.82) is 0 Å². The van der Waals surface area contributed by atoms with Crippen LogP contribution in [0.25, 0.3) is 0 Å². The first-order valence-electron chi connectivity index (χ1n) is 8.89. The van der Waals surface area contributed by atoms with Crippen LogP contribution in [0.3, 0.4) is 0 Å². The van der Waals surface area contributed by atoms with Gasteiger partial charge in [-0.3, -0.25) is 15.3 Å². The van der Waals surface area contributed by atoms with E-state index in [0.29, 0.717) is 5.69 Å². The maximum atomic E-state index is 13.9. The summed E-state index contributed by atoms with van der Waals surface area (Å²) in [5.41, 5.74) is 6.50. The number of primary amides is 1. The Hall–Kier alpha value is -2.95. The zero-order chi connectivity index (χ0) is 21.8. The second kappa shape index (κ2) is 9.24. The number of thioether (sulfide) groups is 1. The Labute approximate surface area is 182 Å². The number of anilines is 1. The first-order valence-corrected chi connectivity index (χ1v) is 10.2. The van der Waals surface area contributed by atoms with Gasteiger partial charge in [0.1, 0.15) is 21.9 Å². The Morgan fingerprint density at radius 2 is 1.90 bits per heavy atom. The average molecular weight is 447 g/mol. The standard InChI is InChI=1S/C20H19FN4O3S2/c1-11(19-25(28)16(10-30-19)18(29)24-20(22)27)12-6-3-5-9-15(12)23-17(26)13-7-2-4-8-14(13)21/h2-11,19,28H,1H3,(H,23,26)(H3,22,24,27,29). The van der Waals surface area contributed by atoms with Crippen LogP contribution in [0.2, 0.25) is 0 Å². The Bertz CT molecular complexity index is 1030. The highest BCUT2D eigenvalue weighted by atomic mass is 32.2. The number of nitrogens with two attached hydrogens (primary N) is 1. The predicted octanol–water partition coefficient (Wildman–Crippen LogP) is 3.78. The van der Waals surface area contributed by atoms with Crippen LogP contribution in [0.5, 0.6) is 0 Å². The highest BCUT2D eigenvalue weighted by molar-refractivity contribution is 8.03. The highest BCUT2D eigenvalue weighted by Crippen LogP contribution is 2.40. The fraction of sp³-hybridized carbons (Fsp3) is 0.150. The van der Waals surface area contributed by atoms with Crippen molar-refractivity contribution in [3.05, 3.63) is 76.6 Å². The van der Waals surface area contributed by atoms with Gasteiger partial charge in [-0.05, 0) is 23.8 Å². The first kappa shape index (κ1) is 21.8. The molecule has 0 bridgehead atoms. The van der Waals surface area contributed by atoms with Gasteiger partial charge < -0.3 is 11.1 Å². The molecule has 1 aliphatic rings. The van der Waals surface area contributed by atoms with Gasteiger partial charge in [0.25, 0.3) is 5.91 Å². The molecule has 2 atom stereocenters. The fourth-order valence-electron chi connectivity index (χ4n) is 3.04. The Morgan fingerprint density at radius 1 is 1.23 bits per heavy atom. The number of carbonyl (C=O) groups is 2. The summed E-state index contributed by atoms with van der Waals surface area (Å²) in [6.45, 7) is 1.87. The van der Waals surface area contributed by atoms with Crippen LogP contribution in [0, 0.1) is 5.82 Å². The summed E-state index contributed by atoms with van der Waals surface area (Å²) in [5, 5.41) is 17.7. The molecule has 1 aliphatic heterocycles. The van der Waals surface area contributed by atoms with Gasteiger partial charge in [0.15, 0.2) is 0 Å². The monoisotopic (exact) mass is 446 g/mol. The summed E-state index contributed by atoms with van der Waals surface area (Å²) in [4.78, 5) is 23.6. The molecule has 0 aromatic heterocycles. The number of benzene rings is 2. The fourth-order valence-corrected chi connectivity index (χ4v) is 4.48. The molecule has 0 saturated heterocycles. The van der Waals surface area contributed by atoms with Crippen LogP contribution in [-0.4, -0.2) is 32.6 Å². The first-order chi connectivity index (χ1) is 14.3. The Morgan fingerprint density at radius 3 is 2.60 bits per heavy atom. The molecular weight excluding hydrogens is 427 g/mol. The molecule has 0 spiro atoms. The van der Waals surface area contributed by atoms with Crippen molar-refractivity contribution in [2.45, 2.75) is 18.2 Å². The minimum Gasteiger partial charge on any atom is -0.351 e. The number of rotatable bonds is 5. The van der Waals surface area contributed by atoms with Gasteiger partial charge in [-0.2, -0.15) is 0 Å². The summed E-state index contributed by atoms with van der Waals surface area (Å²) in [7, 11) is 0. The third-order valence-electron chi connectivity index (χ3n) is 4.52. The minimum absolute atomic E-state index is 0.00772. The van der Waals surface area contributed by atoms with E-state index in [9.17, 15) is 19.2 Å². The predicted molar refractivity (Wildman–Crippen MR) is 118 cm³/mol. The summed E-state index contributed by atoms with van der Waals surface area (Å²) >= 11 is 6.39. The lowest BCUT2D eigenvalue weighted by atomic mass is 9.98. The van der Waals surface area contributed by atoms with E-state index in [1.165, 1.54) is 30.0 Å². The minimum atomic E-state index is -0.822. The van der Waals surface area contributed by atoms with E-state index in [1.807, 2.05) is 13.0 Å². The molecule has 3 amide bonds. The van der Waals surface area contributed by atoms with Crippen LogP contribution in [0.1, 0.15) is 28.8 Å². The maximum Gasteiger partial charge on any atom is 0.317 e. The largest absolute Gasteiger partial charge is 0.351 e. The Kier molecular flexibility index (Phi) is 6.70. The SMILES string of the molecule is CC(c1ccccc1NC(=O)c1ccccc1F)C1SC=C(C(=S)NC(N)=O)N1O. The van der Waals surface area contributed by atoms with Crippen molar-refractivity contribution in [1.82, 2.24) is 10.4 Å². The maximum absolute atomic E-state index is 13.9. The molecule has 0 radical (unpaired) electrons. The number of amides is 3. The summed E-state index contributed by atoms with van der Waals surface area (Å²) in [6.07, 6.45) is 0. The van der Waals surface area contributed by atoms with E-state index in [4.69, 9.17) is 18.0 Å². The number of halogens is 1. The molecular formula is C20H19FN4O3S2. The number of nitrogens with one attached hydrogen (secondary N) is 2. The van der Waals surface area contributed by atoms with Gasteiger partial charge >= 0.3 is 6.03 Å². The summed E-state index contributed by atoms with van der Waals surface area (Å²) in [6, 6.07) is 12.0. The van der Waals surface area contributed by atoms with Gasteiger partial charge in [-0.1, -0.05) is 49.5 Å². The molecule has 0 aliphatic carbocycles. The number of nitrogens with zero attached hydrogens (tertiary/aromatic N) is 1. The number of hydrogen-bond acceptors (Lipinski definition) is 6. The lowest BCUT2D eigenvalue weighted by molar-refractivity contribution is -0.0608. The van der Waals surface area contributed by atoms with Crippen molar-refractivity contribution in [3.8, 4) is 0 Å². The van der Waals surface area contributed by atoms with Crippen molar-refractivity contribution >= 4 is 46.6 Å².